The van der Waals surface area contributed by atoms with Crippen LogP contribution in [0.25, 0.3) is 10.9 Å². The van der Waals surface area contributed by atoms with Crippen LogP contribution in [0.5, 0.6) is 5.75 Å². The first-order valence-electron chi connectivity index (χ1n) is 30.6. The van der Waals surface area contributed by atoms with Crippen LogP contribution in [0.15, 0.2) is 54.7 Å². The molecule has 1 aromatic heterocycles. The SMILES string of the molecule is COC(=O)C[C@H](NC(=O)[C@H](CCCNC(=O)CCCc1ccc(I)cc1)NC(=O)CN1CCN(CC(=O)O)CCN(CC(=O)O)CCN(CC(=O)O)CC1)C(=O)N1CCN(CCCCOc2ccc3nccc(C(=O)NCC(=O)N4CC(F)(F)C[C@@H]4C#N)c3c2)CC1. The van der Waals surface area contributed by atoms with Crippen molar-refractivity contribution in [3.63, 3.8) is 0 Å². The molecule has 0 bridgehead atoms. The molecule has 0 unspecified atom stereocenters. The minimum atomic E-state index is -3.20. The molecule has 31 heteroatoms. The second-order valence-electron chi connectivity index (χ2n) is 22.9. The number of likely N-dealkylation sites (tertiary alicyclic amines) is 1. The number of fused-ring (bicyclic) bond motifs is 1. The van der Waals surface area contributed by atoms with Crippen LogP contribution in [-0.4, -0.2) is 283 Å². The molecule has 6 amide bonds. The number of esters is 1. The highest BCUT2D eigenvalue weighted by molar-refractivity contribution is 14.1. The molecule has 7 N–H and O–H groups in total. The number of pyridine rings is 1. The van der Waals surface area contributed by atoms with Crippen LogP contribution in [0.2, 0.25) is 0 Å². The number of rotatable bonds is 31. The molecule has 3 aromatic rings. The van der Waals surface area contributed by atoms with Gasteiger partial charge in [0.1, 0.15) is 23.9 Å². The number of halogens is 3. The summed E-state index contributed by atoms with van der Waals surface area (Å²) in [5.74, 6) is -10.5. The minimum absolute atomic E-state index is 0.0134. The molecule has 3 aliphatic rings. The van der Waals surface area contributed by atoms with Gasteiger partial charge in [-0.25, -0.2) is 8.78 Å². The van der Waals surface area contributed by atoms with E-state index in [0.717, 1.165) is 21.1 Å². The Morgan fingerprint density at radius 3 is 1.90 bits per heavy atom. The number of hydrogen-bond donors (Lipinski definition) is 7. The van der Waals surface area contributed by atoms with Gasteiger partial charge in [0.2, 0.25) is 29.5 Å². The van der Waals surface area contributed by atoms with E-state index in [4.69, 9.17) is 9.47 Å². The molecule has 28 nitrogen and oxygen atoms in total. The van der Waals surface area contributed by atoms with Crippen LogP contribution in [0.1, 0.15) is 67.3 Å². The van der Waals surface area contributed by atoms with Gasteiger partial charge < -0.3 is 55.9 Å². The third-order valence-corrected chi connectivity index (χ3v) is 16.7. The van der Waals surface area contributed by atoms with Gasteiger partial charge in [-0.15, -0.1) is 0 Å². The number of benzene rings is 2. The van der Waals surface area contributed by atoms with Gasteiger partial charge in [-0.1, -0.05) is 12.1 Å². The van der Waals surface area contributed by atoms with Crippen molar-refractivity contribution in [2.24, 2.45) is 0 Å². The summed E-state index contributed by atoms with van der Waals surface area (Å²) in [5, 5.41) is 49.5. The summed E-state index contributed by atoms with van der Waals surface area (Å²) in [4.78, 5) is 145. The molecule has 3 fully saturated rings. The van der Waals surface area contributed by atoms with Crippen LogP contribution >= 0.6 is 22.6 Å². The van der Waals surface area contributed by atoms with Gasteiger partial charge in [-0.2, -0.15) is 5.26 Å². The van der Waals surface area contributed by atoms with Gasteiger partial charge in [0, 0.05) is 113 Å². The third-order valence-electron chi connectivity index (χ3n) is 15.9. The van der Waals surface area contributed by atoms with Crippen molar-refractivity contribution in [1.82, 2.24) is 60.6 Å². The molecule has 0 aliphatic carbocycles. The van der Waals surface area contributed by atoms with Gasteiger partial charge in [0.15, 0.2) is 0 Å². The number of nitriles is 1. The number of methoxy groups -OCH3 is 1. The van der Waals surface area contributed by atoms with Gasteiger partial charge in [0.05, 0.1) is 76.6 Å². The van der Waals surface area contributed by atoms with Gasteiger partial charge >= 0.3 is 23.9 Å². The molecule has 3 aliphatic heterocycles. The number of piperazine rings is 1. The maximum Gasteiger partial charge on any atom is 0.317 e. The Labute approximate surface area is 545 Å². The van der Waals surface area contributed by atoms with Gasteiger partial charge in [-0.05, 0) is 110 Å². The van der Waals surface area contributed by atoms with Crippen molar-refractivity contribution < 1.29 is 81.5 Å². The number of nitrogens with zero attached hydrogens (tertiary/aromatic N) is 9. The number of aromatic nitrogens is 1. The monoisotopic (exact) mass is 1400 g/mol. The lowest BCUT2D eigenvalue weighted by Gasteiger charge is -2.36. The van der Waals surface area contributed by atoms with Crippen LogP contribution in [0.4, 0.5) is 8.78 Å². The highest BCUT2D eigenvalue weighted by Gasteiger charge is 2.47. The molecule has 3 saturated heterocycles. The molecular formula is C61H82F2IN13O15. The smallest absolute Gasteiger partial charge is 0.317 e. The summed E-state index contributed by atoms with van der Waals surface area (Å²) in [6, 6.07) is 12.2. The molecule has 0 spiro atoms. The first kappa shape index (κ1) is 73.3. The normalized spacial score (nSPS) is 17.8. The van der Waals surface area contributed by atoms with Gasteiger partial charge in [0.25, 0.3) is 11.8 Å². The minimum Gasteiger partial charge on any atom is -0.494 e. The highest BCUT2D eigenvalue weighted by Crippen LogP contribution is 2.32. The summed E-state index contributed by atoms with van der Waals surface area (Å²) in [6.45, 7) is 0.757. The fourth-order valence-corrected chi connectivity index (χ4v) is 11.3. The maximum absolute atomic E-state index is 14.4. The number of hydrogen-bond acceptors (Lipinski definition) is 19. The fourth-order valence-electron chi connectivity index (χ4n) is 10.9. The average molecular weight is 1400 g/mol. The number of amides is 6. The van der Waals surface area contributed by atoms with Crippen LogP contribution < -0.4 is 26.0 Å². The summed E-state index contributed by atoms with van der Waals surface area (Å²) in [5.41, 5.74) is 1.73. The highest BCUT2D eigenvalue weighted by atomic mass is 127. The lowest BCUT2D eigenvalue weighted by atomic mass is 10.1. The second kappa shape index (κ2) is 37.1. The molecule has 3 atom stereocenters. The molecule has 0 saturated carbocycles. The first-order chi connectivity index (χ1) is 44.0. The first-order valence-corrected chi connectivity index (χ1v) is 31.7. The number of carbonyl (C=O) groups excluding carboxylic acids is 7. The summed E-state index contributed by atoms with van der Waals surface area (Å²) < 4.78 is 40.0. The molecule has 502 valence electrons. The van der Waals surface area contributed by atoms with Crippen LogP contribution in [0.3, 0.4) is 0 Å². The lowest BCUT2D eigenvalue weighted by molar-refractivity contribution is -0.147. The van der Waals surface area contributed by atoms with Crippen molar-refractivity contribution in [2.45, 2.75) is 81.8 Å². The van der Waals surface area contributed by atoms with Crippen molar-refractivity contribution in [3.05, 3.63) is 69.4 Å². The number of carboxylic acid groups (broad SMARTS) is 3. The zero-order valence-electron chi connectivity index (χ0n) is 51.5. The number of aryl methyl sites for hydroxylation is 1. The molecule has 6 rings (SSSR count). The van der Waals surface area contributed by atoms with E-state index in [1.165, 1.54) is 17.2 Å². The van der Waals surface area contributed by atoms with E-state index < -0.39 is 103 Å². The molecule has 4 heterocycles. The third kappa shape index (κ3) is 25.0. The predicted molar refractivity (Wildman–Crippen MR) is 336 cm³/mol. The second-order valence-corrected chi connectivity index (χ2v) is 24.1. The van der Waals surface area contributed by atoms with E-state index in [-0.39, 0.29) is 129 Å². The Kier molecular flexibility index (Phi) is 29.5. The zero-order valence-corrected chi connectivity index (χ0v) is 53.7. The van der Waals surface area contributed by atoms with E-state index in [9.17, 15) is 77.3 Å². The molecule has 0 radical (unpaired) electrons. The van der Waals surface area contributed by atoms with E-state index in [1.54, 1.807) is 43.9 Å². The standard InChI is InChI=1S/C61H82F2IN13O15/c1-91-57(87)33-50(60(90)76-29-27-71(28-30-76)18-2-3-31-92-45-13-14-48-47(32-45)46(15-17-66-48)58(88)68-36-53(80)77-41-61(62,63)34-44(77)35-65)70-59(89)49(7-5-16-67-51(78)8-4-6-42-9-11-43(64)12-10-42)69-52(79)37-72-19-21-73(38-54(81)82)23-25-75(40-56(85)86)26-24-74(22-20-72)39-55(83)84/h9-15,17,32,44,49-50H,2-8,16,18-31,33-34,36-41H2,1H3,(H,67,78)(H,68,88)(H,69,79)(H,70,89)(H,81,82)(H,83,84)(H,85,86)/t44-,49+,50+/m1/s1. The molecule has 2 aromatic carbocycles. The van der Waals surface area contributed by atoms with Crippen molar-refractivity contribution >= 4 is 92.8 Å². The number of unbranched alkanes of at least 4 members (excludes halogenated alkanes) is 1. The van der Waals surface area contributed by atoms with Crippen molar-refractivity contribution in [2.75, 3.05) is 145 Å². The van der Waals surface area contributed by atoms with E-state index in [1.807, 2.05) is 24.3 Å². The summed E-state index contributed by atoms with van der Waals surface area (Å²) in [6.07, 6.45) is 3.16. The Balaban J connectivity index is 1.04. The largest absolute Gasteiger partial charge is 0.494 e. The predicted octanol–water partition coefficient (Wildman–Crippen LogP) is 0.560. The zero-order chi connectivity index (χ0) is 66.7. The number of carboxylic acids is 3. The van der Waals surface area contributed by atoms with Crippen molar-refractivity contribution in [1.29, 1.82) is 5.26 Å². The Bertz CT molecular complexity index is 3050. The van der Waals surface area contributed by atoms with Crippen molar-refractivity contribution in [3.8, 4) is 11.8 Å². The van der Waals surface area contributed by atoms with Crippen LogP contribution in [0, 0.1) is 14.9 Å². The number of aliphatic carboxylic acids is 3. The van der Waals surface area contributed by atoms with Crippen LogP contribution in [-0.2, 0) is 54.3 Å². The summed E-state index contributed by atoms with van der Waals surface area (Å²) in [7, 11) is 1.15. The number of ether oxygens (including phenoxy) is 2. The van der Waals surface area contributed by atoms with E-state index >= 15 is 0 Å². The number of carbonyl (C=O) groups is 10. The molecule has 92 heavy (non-hydrogen) atoms. The summed E-state index contributed by atoms with van der Waals surface area (Å²) >= 11 is 2.22. The number of nitrogens with one attached hydrogen (secondary N) is 4. The topological polar surface area (TPSA) is 357 Å². The fraction of sp³-hybridized carbons (Fsp3) is 0.574. The van der Waals surface area contributed by atoms with E-state index in [0.29, 0.717) is 68.6 Å². The maximum atomic E-state index is 14.4. The lowest BCUT2D eigenvalue weighted by Crippen LogP contribution is -2.58. The van der Waals surface area contributed by atoms with E-state index in [2.05, 4.69) is 53.7 Å². The quantitative estimate of drug-likeness (QED) is 0.0263. The van der Waals surface area contributed by atoms with Gasteiger partial charge in [-0.3, -0.25) is 77.4 Å². The Morgan fingerprint density at radius 1 is 0.717 bits per heavy atom. The Hall–Kier alpha value is -7.77. The number of alkyl halides is 2. The average Bonchev–Trinajstić information content (AvgIpc) is 1.18. The Morgan fingerprint density at radius 2 is 1.32 bits per heavy atom. The molecular weight excluding hydrogens is 1320 g/mol.